The molecule has 7 nitrogen and oxygen atoms in total. The molecule has 0 aromatic heterocycles. The quantitative estimate of drug-likeness (QED) is 0.403. The van der Waals surface area contributed by atoms with Crippen LogP contribution in [0.1, 0.15) is 62.6 Å². The van der Waals surface area contributed by atoms with E-state index in [1.165, 1.54) is 12.1 Å². The maximum absolute atomic E-state index is 13.4. The number of amides is 3. The van der Waals surface area contributed by atoms with Crippen molar-refractivity contribution in [3.8, 4) is 5.75 Å². The van der Waals surface area contributed by atoms with Crippen LogP contribution < -0.4 is 15.4 Å². The minimum atomic E-state index is -4.50. The summed E-state index contributed by atoms with van der Waals surface area (Å²) in [6.07, 6.45) is 0.470. The standard InChI is InChI=1S/C29H32F3N3O4/c1-3-28(4-2)15-19(23-10-8-20(29(30,31)32)13-25(23)39-28)12-26(36)33-21-9-7-18-16-35(17-22-6-5-11-38-22)27(37)34-24(18)14-21/h7-10,12-14,22H,3-6,11,15-17H2,1-2H3,(H,33,36)(H,34,37). The molecule has 2 aromatic rings. The van der Waals surface area contributed by atoms with Gasteiger partial charge in [-0.3, -0.25) is 4.79 Å². The van der Waals surface area contributed by atoms with Gasteiger partial charge in [-0.15, -0.1) is 0 Å². The van der Waals surface area contributed by atoms with Gasteiger partial charge in [0.2, 0.25) is 5.91 Å². The van der Waals surface area contributed by atoms with Crippen LogP contribution in [-0.2, 0) is 22.3 Å². The Morgan fingerprint density at radius 2 is 2.00 bits per heavy atom. The average molecular weight is 544 g/mol. The predicted molar refractivity (Wildman–Crippen MR) is 141 cm³/mol. The third kappa shape index (κ3) is 5.75. The molecule has 1 atom stereocenters. The van der Waals surface area contributed by atoms with E-state index in [-0.39, 0.29) is 17.9 Å². The summed E-state index contributed by atoms with van der Waals surface area (Å²) < 4.78 is 51.8. The molecule has 1 saturated heterocycles. The van der Waals surface area contributed by atoms with E-state index in [9.17, 15) is 22.8 Å². The largest absolute Gasteiger partial charge is 0.486 e. The molecular formula is C29H32F3N3O4. The first-order valence-corrected chi connectivity index (χ1v) is 13.3. The Bertz CT molecular complexity index is 1300. The van der Waals surface area contributed by atoms with Gasteiger partial charge in [0.1, 0.15) is 11.4 Å². The fraction of sp³-hybridized carbons (Fsp3) is 0.448. The molecule has 0 aliphatic carbocycles. The van der Waals surface area contributed by atoms with Crippen LogP contribution in [0.5, 0.6) is 5.75 Å². The number of nitrogens with zero attached hydrogens (tertiary/aromatic N) is 1. The molecule has 1 fully saturated rings. The third-order valence-electron chi connectivity index (χ3n) is 7.80. The van der Waals surface area contributed by atoms with Crippen molar-refractivity contribution in [1.82, 2.24) is 4.90 Å². The number of hydrogen-bond donors (Lipinski definition) is 2. The fourth-order valence-electron chi connectivity index (χ4n) is 5.43. The van der Waals surface area contributed by atoms with Crippen molar-refractivity contribution in [1.29, 1.82) is 0 Å². The van der Waals surface area contributed by atoms with E-state index in [1.807, 2.05) is 19.9 Å². The van der Waals surface area contributed by atoms with Crippen LogP contribution in [0.3, 0.4) is 0 Å². The zero-order chi connectivity index (χ0) is 27.8. The first-order valence-electron chi connectivity index (χ1n) is 13.3. The number of alkyl halides is 3. The summed E-state index contributed by atoms with van der Waals surface area (Å²) in [6.45, 7) is 5.55. The number of carbonyl (C=O) groups is 2. The van der Waals surface area contributed by atoms with Gasteiger partial charge < -0.3 is 25.0 Å². The number of nitrogens with one attached hydrogen (secondary N) is 2. The Labute approximate surface area is 225 Å². The van der Waals surface area contributed by atoms with Crippen molar-refractivity contribution in [3.05, 3.63) is 59.2 Å². The predicted octanol–water partition coefficient (Wildman–Crippen LogP) is 6.60. The van der Waals surface area contributed by atoms with Gasteiger partial charge in [0, 0.05) is 49.1 Å². The molecule has 3 aliphatic heterocycles. The molecular weight excluding hydrogens is 511 g/mol. The number of anilines is 2. The van der Waals surface area contributed by atoms with E-state index in [1.54, 1.807) is 17.0 Å². The molecule has 10 heteroatoms. The van der Waals surface area contributed by atoms with Gasteiger partial charge in [-0.25, -0.2) is 4.79 Å². The molecule has 3 heterocycles. The van der Waals surface area contributed by atoms with Gasteiger partial charge >= 0.3 is 12.2 Å². The van der Waals surface area contributed by atoms with E-state index >= 15 is 0 Å². The number of hydrogen-bond acceptors (Lipinski definition) is 4. The highest BCUT2D eigenvalue weighted by Crippen LogP contribution is 2.45. The van der Waals surface area contributed by atoms with E-state index < -0.39 is 23.2 Å². The molecule has 208 valence electrons. The van der Waals surface area contributed by atoms with Crippen molar-refractivity contribution in [2.24, 2.45) is 0 Å². The summed E-state index contributed by atoms with van der Waals surface area (Å²) in [5, 5.41) is 5.72. The number of ether oxygens (including phenoxy) is 2. The third-order valence-corrected chi connectivity index (χ3v) is 7.80. The second-order valence-electron chi connectivity index (χ2n) is 10.4. The van der Waals surface area contributed by atoms with E-state index in [2.05, 4.69) is 10.6 Å². The van der Waals surface area contributed by atoms with Crippen LogP contribution >= 0.6 is 0 Å². The molecule has 5 rings (SSSR count). The molecule has 2 aromatic carbocycles. The lowest BCUT2D eigenvalue weighted by molar-refractivity contribution is -0.137. The Morgan fingerprint density at radius 1 is 1.21 bits per heavy atom. The highest BCUT2D eigenvalue weighted by Gasteiger charge is 2.38. The zero-order valence-electron chi connectivity index (χ0n) is 22.0. The van der Waals surface area contributed by atoms with Crippen molar-refractivity contribution >= 4 is 28.9 Å². The Kier molecular flexibility index (Phi) is 7.33. The smallest absolute Gasteiger partial charge is 0.416 e. The van der Waals surface area contributed by atoms with Gasteiger partial charge in [-0.05, 0) is 61.1 Å². The van der Waals surface area contributed by atoms with Crippen molar-refractivity contribution < 1.29 is 32.2 Å². The summed E-state index contributed by atoms with van der Waals surface area (Å²) in [5.41, 5.74) is 1.65. The lowest BCUT2D eigenvalue weighted by Gasteiger charge is -2.39. The second kappa shape index (κ2) is 10.6. The molecule has 0 saturated carbocycles. The van der Waals surface area contributed by atoms with Crippen LogP contribution in [0, 0.1) is 0 Å². The molecule has 0 spiro atoms. The van der Waals surface area contributed by atoms with E-state index in [0.717, 1.165) is 37.1 Å². The SMILES string of the molecule is CCC1(CC)CC(=CC(=O)Nc2ccc3c(c2)NC(=O)N(CC2CCCO2)C3)c2ccc(C(F)(F)F)cc2O1. The molecule has 3 aliphatic rings. The lowest BCUT2D eigenvalue weighted by Crippen LogP contribution is -2.42. The number of urea groups is 1. The monoisotopic (exact) mass is 543 g/mol. The van der Waals surface area contributed by atoms with Crippen molar-refractivity contribution in [2.45, 2.75) is 70.4 Å². The Balaban J connectivity index is 1.34. The van der Waals surface area contributed by atoms with Crippen LogP contribution in [0.4, 0.5) is 29.3 Å². The minimum absolute atomic E-state index is 0.0541. The van der Waals surface area contributed by atoms with Crippen LogP contribution in [0.15, 0.2) is 42.5 Å². The highest BCUT2D eigenvalue weighted by molar-refractivity contribution is 6.05. The topological polar surface area (TPSA) is 79.9 Å². The van der Waals surface area contributed by atoms with Gasteiger partial charge in [-0.1, -0.05) is 26.0 Å². The fourth-order valence-corrected chi connectivity index (χ4v) is 5.43. The zero-order valence-corrected chi connectivity index (χ0v) is 22.0. The first kappa shape index (κ1) is 27.1. The normalized spacial score (nSPS) is 21.2. The summed E-state index contributed by atoms with van der Waals surface area (Å²) in [5.74, 6) is -0.288. The van der Waals surface area contributed by atoms with Gasteiger partial charge in [0.05, 0.1) is 11.7 Å². The summed E-state index contributed by atoms with van der Waals surface area (Å²) >= 11 is 0. The number of carbonyl (C=O) groups excluding carboxylic acids is 2. The van der Waals surface area contributed by atoms with Gasteiger partial charge in [0.25, 0.3) is 0 Å². The summed E-state index contributed by atoms with van der Waals surface area (Å²) in [6, 6.07) is 8.51. The molecule has 1 unspecified atom stereocenters. The molecule has 0 radical (unpaired) electrons. The Morgan fingerprint density at radius 3 is 2.69 bits per heavy atom. The van der Waals surface area contributed by atoms with Gasteiger partial charge in [-0.2, -0.15) is 13.2 Å². The highest BCUT2D eigenvalue weighted by atomic mass is 19.4. The van der Waals surface area contributed by atoms with E-state index in [0.29, 0.717) is 54.9 Å². The first-order chi connectivity index (χ1) is 18.6. The van der Waals surface area contributed by atoms with Crippen LogP contribution in [0.25, 0.3) is 5.57 Å². The number of halogens is 3. The van der Waals surface area contributed by atoms with Crippen LogP contribution in [0.2, 0.25) is 0 Å². The van der Waals surface area contributed by atoms with Gasteiger partial charge in [0.15, 0.2) is 0 Å². The maximum Gasteiger partial charge on any atom is 0.416 e. The molecule has 39 heavy (non-hydrogen) atoms. The van der Waals surface area contributed by atoms with E-state index in [4.69, 9.17) is 9.47 Å². The molecule has 0 bridgehead atoms. The molecule has 3 amide bonds. The Hall–Kier alpha value is -3.53. The maximum atomic E-state index is 13.4. The van der Waals surface area contributed by atoms with Crippen molar-refractivity contribution in [2.75, 3.05) is 23.8 Å². The van der Waals surface area contributed by atoms with Crippen LogP contribution in [-0.4, -0.2) is 41.7 Å². The van der Waals surface area contributed by atoms with Crippen molar-refractivity contribution in [3.63, 3.8) is 0 Å². The lowest BCUT2D eigenvalue weighted by atomic mass is 9.83. The number of benzene rings is 2. The number of fused-ring (bicyclic) bond motifs is 2. The summed E-state index contributed by atoms with van der Waals surface area (Å²) in [4.78, 5) is 27.4. The molecule has 2 N–H and O–H groups in total. The minimum Gasteiger partial charge on any atom is -0.486 e. The average Bonchev–Trinajstić information content (AvgIpc) is 3.41. The summed E-state index contributed by atoms with van der Waals surface area (Å²) in [7, 11) is 0. The number of rotatable bonds is 6. The second-order valence-corrected chi connectivity index (χ2v) is 10.4.